The third-order valence-corrected chi connectivity index (χ3v) is 2.51. The van der Waals surface area contributed by atoms with Gasteiger partial charge in [-0.15, -0.1) is 0 Å². The zero-order valence-electron chi connectivity index (χ0n) is 5.97. The average Bonchev–Trinajstić information content (AvgIpc) is 2.55. The molecule has 1 aliphatic heterocycles. The van der Waals surface area contributed by atoms with Gasteiger partial charge in [0.25, 0.3) is 0 Å². The summed E-state index contributed by atoms with van der Waals surface area (Å²) in [6.45, 7) is 1.60. The highest BCUT2D eigenvalue weighted by Crippen LogP contribution is 2.20. The lowest BCUT2D eigenvalue weighted by molar-refractivity contribution is 0.198. The number of aliphatic hydroxyl groups is 1. The van der Waals surface area contributed by atoms with Crippen LogP contribution in [0.3, 0.4) is 0 Å². The van der Waals surface area contributed by atoms with E-state index in [1.54, 1.807) is 6.33 Å². The van der Waals surface area contributed by atoms with Crippen molar-refractivity contribution in [1.82, 2.24) is 9.36 Å². The summed E-state index contributed by atoms with van der Waals surface area (Å²) < 4.78 is 3.90. The molecular formula is C6H9N3OS. The van der Waals surface area contributed by atoms with E-state index in [9.17, 15) is 5.11 Å². The van der Waals surface area contributed by atoms with Gasteiger partial charge < -0.3 is 10.0 Å². The van der Waals surface area contributed by atoms with Crippen LogP contribution >= 0.6 is 11.5 Å². The predicted molar refractivity (Wildman–Crippen MR) is 42.7 cm³/mol. The van der Waals surface area contributed by atoms with Gasteiger partial charge in [0.2, 0.25) is 5.13 Å². The molecule has 1 aromatic heterocycles. The molecule has 1 fully saturated rings. The molecule has 0 aliphatic carbocycles. The number of β-amino-alcohol motifs (C(OH)–C–C–N with tert-alkyl or cyclic N) is 1. The molecule has 5 heteroatoms. The first-order valence-electron chi connectivity index (χ1n) is 3.56. The number of hydrogen-bond acceptors (Lipinski definition) is 5. The minimum Gasteiger partial charge on any atom is -0.391 e. The second kappa shape index (κ2) is 2.75. The number of hydrogen-bond donors (Lipinski definition) is 1. The molecule has 0 unspecified atom stereocenters. The molecule has 0 radical (unpaired) electrons. The molecule has 2 heterocycles. The molecule has 1 atom stereocenters. The fourth-order valence-electron chi connectivity index (χ4n) is 1.22. The van der Waals surface area contributed by atoms with Crippen molar-refractivity contribution in [2.75, 3.05) is 18.0 Å². The Bertz CT molecular complexity index is 226. The second-order valence-electron chi connectivity index (χ2n) is 2.61. The lowest BCUT2D eigenvalue weighted by Crippen LogP contribution is -2.20. The minimum atomic E-state index is -0.182. The van der Waals surface area contributed by atoms with Crippen LogP contribution in [0.5, 0.6) is 0 Å². The quantitative estimate of drug-likeness (QED) is 0.651. The topological polar surface area (TPSA) is 49.2 Å². The van der Waals surface area contributed by atoms with E-state index in [4.69, 9.17) is 0 Å². The fraction of sp³-hybridized carbons (Fsp3) is 0.667. The van der Waals surface area contributed by atoms with Gasteiger partial charge in [0.15, 0.2) is 0 Å². The maximum Gasteiger partial charge on any atom is 0.205 e. The molecule has 0 aromatic carbocycles. The molecule has 0 amide bonds. The molecule has 0 saturated carbocycles. The number of aromatic nitrogens is 2. The molecule has 1 N–H and O–H groups in total. The monoisotopic (exact) mass is 171 g/mol. The van der Waals surface area contributed by atoms with E-state index in [-0.39, 0.29) is 6.10 Å². The van der Waals surface area contributed by atoms with Crippen molar-refractivity contribution in [3.8, 4) is 0 Å². The standard InChI is InChI=1S/C6H9N3OS/c10-5-1-2-9(3-5)6-7-4-8-11-6/h4-5,10H,1-3H2/t5-/m1/s1. The summed E-state index contributed by atoms with van der Waals surface area (Å²) in [7, 11) is 0. The molecular weight excluding hydrogens is 162 g/mol. The smallest absolute Gasteiger partial charge is 0.205 e. The summed E-state index contributed by atoms with van der Waals surface area (Å²) in [6, 6.07) is 0. The van der Waals surface area contributed by atoms with Crippen molar-refractivity contribution in [2.45, 2.75) is 12.5 Å². The highest BCUT2D eigenvalue weighted by atomic mass is 32.1. The van der Waals surface area contributed by atoms with Gasteiger partial charge in [0.1, 0.15) is 6.33 Å². The second-order valence-corrected chi connectivity index (χ2v) is 3.37. The number of nitrogens with zero attached hydrogens (tertiary/aromatic N) is 3. The highest BCUT2D eigenvalue weighted by molar-refractivity contribution is 7.09. The predicted octanol–water partition coefficient (Wildman–Crippen LogP) is 0.109. The molecule has 0 spiro atoms. The maximum absolute atomic E-state index is 9.21. The molecule has 2 rings (SSSR count). The Morgan fingerprint density at radius 1 is 1.73 bits per heavy atom. The Kier molecular flexibility index (Phi) is 1.75. The van der Waals surface area contributed by atoms with E-state index < -0.39 is 0 Å². The number of anilines is 1. The summed E-state index contributed by atoms with van der Waals surface area (Å²) in [5.41, 5.74) is 0. The largest absolute Gasteiger partial charge is 0.391 e. The van der Waals surface area contributed by atoms with E-state index in [1.807, 2.05) is 0 Å². The Hall–Kier alpha value is -0.680. The zero-order chi connectivity index (χ0) is 7.68. The maximum atomic E-state index is 9.21. The van der Waals surface area contributed by atoms with E-state index in [0.29, 0.717) is 6.54 Å². The van der Waals surface area contributed by atoms with Gasteiger partial charge in [0, 0.05) is 24.6 Å². The summed E-state index contributed by atoms with van der Waals surface area (Å²) >= 11 is 1.38. The highest BCUT2D eigenvalue weighted by Gasteiger charge is 2.21. The number of aliphatic hydroxyl groups excluding tert-OH is 1. The first-order valence-corrected chi connectivity index (χ1v) is 4.33. The lowest BCUT2D eigenvalue weighted by atomic mass is 10.3. The number of rotatable bonds is 1. The van der Waals surface area contributed by atoms with Crippen LogP contribution in [0.4, 0.5) is 5.13 Å². The van der Waals surface area contributed by atoms with Gasteiger partial charge in [-0.1, -0.05) is 0 Å². The third-order valence-electron chi connectivity index (χ3n) is 1.78. The molecule has 60 valence electrons. The SMILES string of the molecule is O[C@@H]1CCN(c2ncns2)C1. The van der Waals surface area contributed by atoms with E-state index in [2.05, 4.69) is 14.3 Å². The van der Waals surface area contributed by atoms with Crippen molar-refractivity contribution in [3.05, 3.63) is 6.33 Å². The summed E-state index contributed by atoms with van der Waals surface area (Å²) in [6.07, 6.45) is 2.21. The van der Waals surface area contributed by atoms with Crippen LogP contribution in [0, 0.1) is 0 Å². The van der Waals surface area contributed by atoms with Gasteiger partial charge in [-0.3, -0.25) is 0 Å². The first kappa shape index (κ1) is 7.00. The normalized spacial score (nSPS) is 24.5. The lowest BCUT2D eigenvalue weighted by Gasteiger charge is -2.11. The Labute approximate surface area is 68.7 Å². The Balaban J connectivity index is 2.08. The molecule has 1 aromatic rings. The van der Waals surface area contributed by atoms with Crippen LogP contribution in [-0.4, -0.2) is 33.7 Å². The van der Waals surface area contributed by atoms with Crippen molar-refractivity contribution >= 4 is 16.7 Å². The van der Waals surface area contributed by atoms with Crippen molar-refractivity contribution in [1.29, 1.82) is 0 Å². The average molecular weight is 171 g/mol. The van der Waals surface area contributed by atoms with E-state index in [1.165, 1.54) is 11.5 Å². The fourth-order valence-corrected chi connectivity index (χ4v) is 1.79. The molecule has 1 aliphatic rings. The van der Waals surface area contributed by atoms with Gasteiger partial charge >= 0.3 is 0 Å². The summed E-state index contributed by atoms with van der Waals surface area (Å²) in [5.74, 6) is 0. The van der Waals surface area contributed by atoms with E-state index in [0.717, 1.165) is 18.1 Å². The van der Waals surface area contributed by atoms with Crippen LogP contribution in [-0.2, 0) is 0 Å². The zero-order valence-corrected chi connectivity index (χ0v) is 6.79. The van der Waals surface area contributed by atoms with Crippen LogP contribution in [0.2, 0.25) is 0 Å². The minimum absolute atomic E-state index is 0.182. The van der Waals surface area contributed by atoms with Crippen LogP contribution < -0.4 is 4.90 Å². The van der Waals surface area contributed by atoms with Gasteiger partial charge in [-0.05, 0) is 6.42 Å². The van der Waals surface area contributed by atoms with Gasteiger partial charge in [0.05, 0.1) is 6.10 Å². The van der Waals surface area contributed by atoms with Crippen molar-refractivity contribution in [3.63, 3.8) is 0 Å². The third kappa shape index (κ3) is 1.34. The van der Waals surface area contributed by atoms with Gasteiger partial charge in [-0.2, -0.15) is 4.37 Å². The molecule has 4 nitrogen and oxygen atoms in total. The van der Waals surface area contributed by atoms with Crippen LogP contribution in [0.1, 0.15) is 6.42 Å². The molecule has 0 bridgehead atoms. The van der Waals surface area contributed by atoms with Crippen LogP contribution in [0.15, 0.2) is 6.33 Å². The molecule has 11 heavy (non-hydrogen) atoms. The Morgan fingerprint density at radius 2 is 2.64 bits per heavy atom. The molecule has 1 saturated heterocycles. The summed E-state index contributed by atoms with van der Waals surface area (Å²) in [5, 5.41) is 10.1. The van der Waals surface area contributed by atoms with Crippen molar-refractivity contribution in [2.24, 2.45) is 0 Å². The first-order chi connectivity index (χ1) is 5.36. The van der Waals surface area contributed by atoms with Crippen LogP contribution in [0.25, 0.3) is 0 Å². The summed E-state index contributed by atoms with van der Waals surface area (Å²) in [4.78, 5) is 6.11. The van der Waals surface area contributed by atoms with E-state index >= 15 is 0 Å². The Morgan fingerprint density at radius 3 is 3.18 bits per heavy atom. The van der Waals surface area contributed by atoms with Gasteiger partial charge in [-0.25, -0.2) is 4.98 Å². The van der Waals surface area contributed by atoms with Crippen molar-refractivity contribution < 1.29 is 5.11 Å².